The lowest BCUT2D eigenvalue weighted by atomic mass is 9.91. The molecule has 0 bridgehead atoms. The highest BCUT2D eigenvalue weighted by Crippen LogP contribution is 2.19. The third-order valence-corrected chi connectivity index (χ3v) is 2.40. The van der Waals surface area contributed by atoms with Crippen molar-refractivity contribution in [3.8, 4) is 0 Å². The molecule has 1 atom stereocenters. The molecule has 0 aromatic carbocycles. The number of imidazole rings is 1. The fourth-order valence-corrected chi connectivity index (χ4v) is 1.31. The van der Waals surface area contributed by atoms with Crippen LogP contribution in [0.25, 0.3) is 0 Å². The van der Waals surface area contributed by atoms with Crippen molar-refractivity contribution in [3.05, 3.63) is 18.2 Å². The van der Waals surface area contributed by atoms with E-state index in [0.717, 1.165) is 12.4 Å². The van der Waals surface area contributed by atoms with E-state index in [1.807, 2.05) is 24.6 Å². The second-order valence-electron chi connectivity index (χ2n) is 3.46. The minimum absolute atomic E-state index is 0.0283. The van der Waals surface area contributed by atoms with Crippen molar-refractivity contribution in [1.29, 1.82) is 0 Å². The van der Waals surface area contributed by atoms with Gasteiger partial charge in [-0.3, -0.25) is 0 Å². The molecule has 3 N–H and O–H groups in total. The van der Waals surface area contributed by atoms with E-state index in [1.54, 1.807) is 6.20 Å². The molecule has 74 valence electrons. The van der Waals surface area contributed by atoms with Gasteiger partial charge >= 0.3 is 0 Å². The molecule has 1 rings (SSSR count). The lowest BCUT2D eigenvalue weighted by Gasteiger charge is -2.25. The first-order valence-corrected chi connectivity index (χ1v) is 4.50. The maximum absolute atomic E-state index is 9.24. The fourth-order valence-electron chi connectivity index (χ4n) is 1.31. The van der Waals surface area contributed by atoms with Crippen molar-refractivity contribution < 1.29 is 5.11 Å². The van der Waals surface area contributed by atoms with Gasteiger partial charge < -0.3 is 15.4 Å². The van der Waals surface area contributed by atoms with Gasteiger partial charge in [0, 0.05) is 25.5 Å². The van der Waals surface area contributed by atoms with E-state index in [9.17, 15) is 5.11 Å². The molecule has 0 saturated heterocycles. The zero-order chi connectivity index (χ0) is 9.90. The minimum atomic E-state index is -0.417. The highest BCUT2D eigenvalue weighted by Gasteiger charge is 2.28. The number of hydrogen-bond donors (Lipinski definition) is 2. The number of nitrogens with two attached hydrogens (primary N) is 1. The Bertz CT molecular complexity index is 266. The van der Waals surface area contributed by atoms with Crippen LogP contribution in [0.3, 0.4) is 0 Å². The van der Waals surface area contributed by atoms with E-state index in [4.69, 9.17) is 5.73 Å². The predicted molar refractivity (Wildman–Crippen MR) is 51.4 cm³/mol. The van der Waals surface area contributed by atoms with Crippen LogP contribution in [0.2, 0.25) is 0 Å². The number of aliphatic hydroxyl groups is 1. The lowest BCUT2D eigenvalue weighted by molar-refractivity contribution is 0.200. The smallest absolute Gasteiger partial charge is 0.118 e. The Balaban J connectivity index is 3.03. The highest BCUT2D eigenvalue weighted by atomic mass is 16.3. The summed E-state index contributed by atoms with van der Waals surface area (Å²) in [6.07, 6.45) is 3.64. The molecule has 1 unspecified atom stereocenters. The van der Waals surface area contributed by atoms with Crippen molar-refractivity contribution >= 4 is 0 Å². The molecule has 1 aromatic rings. The summed E-state index contributed by atoms with van der Waals surface area (Å²) in [7, 11) is 0. The van der Waals surface area contributed by atoms with E-state index in [-0.39, 0.29) is 6.61 Å². The Kier molecular flexibility index (Phi) is 3.06. The van der Waals surface area contributed by atoms with E-state index >= 15 is 0 Å². The molecule has 13 heavy (non-hydrogen) atoms. The fraction of sp³-hybridized carbons (Fsp3) is 0.667. The summed E-state index contributed by atoms with van der Waals surface area (Å²) in [6.45, 7) is 5.24. The Morgan fingerprint density at radius 3 is 2.85 bits per heavy atom. The van der Waals surface area contributed by atoms with Crippen molar-refractivity contribution in [3.63, 3.8) is 0 Å². The maximum Gasteiger partial charge on any atom is 0.118 e. The third kappa shape index (κ3) is 1.73. The second-order valence-corrected chi connectivity index (χ2v) is 3.46. The number of hydrogen-bond acceptors (Lipinski definition) is 3. The van der Waals surface area contributed by atoms with Gasteiger partial charge in [0.05, 0.1) is 12.0 Å². The average Bonchev–Trinajstić information content (AvgIpc) is 2.65. The quantitative estimate of drug-likeness (QED) is 0.696. The molecular formula is C9H17N3O. The SMILES string of the molecule is CCn1ccnc1C(C)(CN)CO. The summed E-state index contributed by atoms with van der Waals surface area (Å²) in [5.41, 5.74) is 5.20. The van der Waals surface area contributed by atoms with Gasteiger partial charge in [0.1, 0.15) is 5.82 Å². The van der Waals surface area contributed by atoms with Crippen molar-refractivity contribution in [2.75, 3.05) is 13.2 Å². The molecule has 0 aliphatic carbocycles. The molecule has 0 aliphatic heterocycles. The van der Waals surface area contributed by atoms with Gasteiger partial charge in [-0.05, 0) is 13.8 Å². The number of aryl methyl sites for hydroxylation is 1. The second kappa shape index (κ2) is 3.89. The Morgan fingerprint density at radius 2 is 2.38 bits per heavy atom. The van der Waals surface area contributed by atoms with Crippen LogP contribution in [0.5, 0.6) is 0 Å². The van der Waals surface area contributed by atoms with Crippen LogP contribution in [-0.4, -0.2) is 27.8 Å². The standard InChI is InChI=1S/C9H17N3O/c1-3-12-5-4-11-8(12)9(2,6-10)7-13/h4-5,13H,3,6-7,10H2,1-2H3. The molecule has 0 amide bonds. The highest BCUT2D eigenvalue weighted by molar-refractivity contribution is 5.09. The van der Waals surface area contributed by atoms with Crippen LogP contribution in [0.4, 0.5) is 0 Å². The molecule has 0 saturated carbocycles. The predicted octanol–water partition coefficient (Wildman–Crippen LogP) is 0.112. The molecule has 4 heteroatoms. The molecule has 0 aliphatic rings. The molecule has 4 nitrogen and oxygen atoms in total. The lowest BCUT2D eigenvalue weighted by Crippen LogP contribution is -2.38. The van der Waals surface area contributed by atoms with Crippen molar-refractivity contribution in [2.45, 2.75) is 25.8 Å². The first-order chi connectivity index (χ1) is 6.18. The van der Waals surface area contributed by atoms with E-state index in [0.29, 0.717) is 6.54 Å². The Morgan fingerprint density at radius 1 is 1.69 bits per heavy atom. The summed E-state index contributed by atoms with van der Waals surface area (Å²) >= 11 is 0. The summed E-state index contributed by atoms with van der Waals surface area (Å²) in [6, 6.07) is 0. The zero-order valence-electron chi connectivity index (χ0n) is 8.20. The Hall–Kier alpha value is -0.870. The van der Waals surface area contributed by atoms with Gasteiger partial charge in [-0.25, -0.2) is 4.98 Å². The number of aromatic nitrogens is 2. The molecule has 1 heterocycles. The van der Waals surface area contributed by atoms with Gasteiger partial charge in [0.15, 0.2) is 0 Å². The summed E-state index contributed by atoms with van der Waals surface area (Å²) in [5, 5.41) is 9.24. The van der Waals surface area contributed by atoms with Crippen LogP contribution in [0.1, 0.15) is 19.7 Å². The normalized spacial score (nSPS) is 15.7. The van der Waals surface area contributed by atoms with Gasteiger partial charge in [-0.1, -0.05) is 0 Å². The number of nitrogens with zero attached hydrogens (tertiary/aromatic N) is 2. The van der Waals surface area contributed by atoms with Crippen LogP contribution >= 0.6 is 0 Å². The van der Waals surface area contributed by atoms with Crippen LogP contribution in [-0.2, 0) is 12.0 Å². The molecule has 0 spiro atoms. The molecule has 0 radical (unpaired) electrons. The Labute approximate surface area is 78.4 Å². The van der Waals surface area contributed by atoms with Crippen molar-refractivity contribution in [2.24, 2.45) is 5.73 Å². The number of aliphatic hydroxyl groups excluding tert-OH is 1. The van der Waals surface area contributed by atoms with Crippen LogP contribution < -0.4 is 5.73 Å². The van der Waals surface area contributed by atoms with Gasteiger partial charge in [-0.2, -0.15) is 0 Å². The van der Waals surface area contributed by atoms with Crippen LogP contribution in [0.15, 0.2) is 12.4 Å². The van der Waals surface area contributed by atoms with E-state index < -0.39 is 5.41 Å². The molecule has 1 aromatic heterocycles. The number of rotatable bonds is 4. The summed E-state index contributed by atoms with van der Waals surface area (Å²) in [5.74, 6) is 0.861. The first-order valence-electron chi connectivity index (χ1n) is 4.50. The monoisotopic (exact) mass is 183 g/mol. The molecular weight excluding hydrogens is 166 g/mol. The minimum Gasteiger partial charge on any atom is -0.395 e. The van der Waals surface area contributed by atoms with Crippen molar-refractivity contribution in [1.82, 2.24) is 9.55 Å². The van der Waals surface area contributed by atoms with E-state index in [2.05, 4.69) is 4.98 Å². The van der Waals surface area contributed by atoms with E-state index in [1.165, 1.54) is 0 Å². The largest absolute Gasteiger partial charge is 0.395 e. The first kappa shape index (κ1) is 10.2. The van der Waals surface area contributed by atoms with Crippen LogP contribution in [0, 0.1) is 0 Å². The van der Waals surface area contributed by atoms with Gasteiger partial charge in [0.2, 0.25) is 0 Å². The zero-order valence-corrected chi connectivity index (χ0v) is 8.20. The molecule has 0 fully saturated rings. The summed E-state index contributed by atoms with van der Waals surface area (Å²) in [4.78, 5) is 4.22. The third-order valence-electron chi connectivity index (χ3n) is 2.40. The topological polar surface area (TPSA) is 64.1 Å². The summed E-state index contributed by atoms with van der Waals surface area (Å²) < 4.78 is 2.00. The van der Waals surface area contributed by atoms with Gasteiger partial charge in [-0.15, -0.1) is 0 Å². The maximum atomic E-state index is 9.24. The van der Waals surface area contributed by atoms with Gasteiger partial charge in [0.25, 0.3) is 0 Å². The average molecular weight is 183 g/mol.